The van der Waals surface area contributed by atoms with Crippen LogP contribution >= 0.6 is 0 Å². The van der Waals surface area contributed by atoms with Gasteiger partial charge in [-0.1, -0.05) is 6.07 Å². The number of rotatable bonds is 6. The molecule has 0 aliphatic carbocycles. The third-order valence-corrected chi connectivity index (χ3v) is 4.68. The summed E-state index contributed by atoms with van der Waals surface area (Å²) in [4.78, 5) is 25.1. The number of nitrogens with one attached hydrogen (secondary N) is 3. The zero-order valence-electron chi connectivity index (χ0n) is 18.0. The van der Waals surface area contributed by atoms with Gasteiger partial charge in [-0.05, 0) is 67.1 Å². The summed E-state index contributed by atoms with van der Waals surface area (Å²) in [7, 11) is 1.74. The van der Waals surface area contributed by atoms with Gasteiger partial charge in [-0.2, -0.15) is 0 Å². The van der Waals surface area contributed by atoms with Crippen LogP contribution in [0.15, 0.2) is 73.1 Å². The molecule has 0 fully saturated rings. The van der Waals surface area contributed by atoms with Crippen LogP contribution in [0.2, 0.25) is 0 Å². The van der Waals surface area contributed by atoms with Gasteiger partial charge in [-0.25, -0.2) is 24.1 Å². The van der Waals surface area contributed by atoms with E-state index in [9.17, 15) is 9.18 Å². The second-order valence-corrected chi connectivity index (χ2v) is 7.04. The monoisotopic (exact) mass is 444 g/mol. The molecule has 0 spiro atoms. The maximum absolute atomic E-state index is 13.7. The smallest absolute Gasteiger partial charge is 0.323 e. The fraction of sp³-hybridized carbons (Fsp3) is 0.0833. The minimum atomic E-state index is -0.483. The van der Waals surface area contributed by atoms with Gasteiger partial charge in [0.2, 0.25) is 11.8 Å². The first-order valence-corrected chi connectivity index (χ1v) is 10.1. The maximum Gasteiger partial charge on any atom is 0.323 e. The molecule has 0 aliphatic rings. The van der Waals surface area contributed by atoms with E-state index < -0.39 is 6.03 Å². The van der Waals surface area contributed by atoms with Crippen molar-refractivity contribution in [3.05, 3.63) is 84.4 Å². The summed E-state index contributed by atoms with van der Waals surface area (Å²) in [5.74, 6) is 1.03. The Balaban J connectivity index is 1.44. The first-order valence-electron chi connectivity index (χ1n) is 10.1. The van der Waals surface area contributed by atoms with E-state index in [0.717, 1.165) is 0 Å². The van der Waals surface area contributed by atoms with Crippen LogP contribution in [0.25, 0.3) is 11.3 Å². The van der Waals surface area contributed by atoms with Crippen molar-refractivity contribution in [2.24, 2.45) is 0 Å². The number of amides is 2. The maximum atomic E-state index is 13.7. The van der Waals surface area contributed by atoms with Gasteiger partial charge in [-0.3, -0.25) is 0 Å². The molecule has 2 heterocycles. The number of urea groups is 1. The minimum Gasteiger partial charge on any atom is -0.438 e. The van der Waals surface area contributed by atoms with Gasteiger partial charge in [-0.15, -0.1) is 0 Å². The molecule has 0 bridgehead atoms. The summed E-state index contributed by atoms with van der Waals surface area (Å²) in [5, 5.41) is 8.20. The van der Waals surface area contributed by atoms with E-state index in [1.807, 2.05) is 6.07 Å². The fourth-order valence-electron chi connectivity index (χ4n) is 2.98. The number of halogens is 1. The minimum absolute atomic E-state index is 0.365. The summed E-state index contributed by atoms with van der Waals surface area (Å²) < 4.78 is 19.6. The second-order valence-electron chi connectivity index (χ2n) is 7.04. The highest BCUT2D eigenvalue weighted by Gasteiger charge is 2.11. The van der Waals surface area contributed by atoms with Crippen LogP contribution in [0.1, 0.15) is 5.56 Å². The molecule has 0 radical (unpaired) electrons. The molecule has 0 unspecified atom stereocenters. The molecule has 33 heavy (non-hydrogen) atoms. The first-order chi connectivity index (χ1) is 16.0. The van der Waals surface area contributed by atoms with Gasteiger partial charge in [0.25, 0.3) is 0 Å². The molecule has 0 atom stereocenters. The molecule has 2 aromatic heterocycles. The standard InChI is InChI=1S/C24H21FN6O2/c1-15-5-6-17(14-20(15)25)30-24(32)29-16-7-9-18(10-8-16)33-22-19(4-3-12-27-22)21-11-13-28-23(26-2)31-21/h3-14H,1-2H3,(H,26,28,31)(H2,29,30,32). The average molecular weight is 444 g/mol. The Hall–Kier alpha value is -4.53. The Labute approximate surface area is 189 Å². The zero-order valence-corrected chi connectivity index (χ0v) is 18.0. The van der Waals surface area contributed by atoms with Crippen LogP contribution in [0, 0.1) is 12.7 Å². The number of ether oxygens (including phenoxy) is 1. The zero-order chi connectivity index (χ0) is 23.2. The number of anilines is 3. The van der Waals surface area contributed by atoms with Crippen LogP contribution in [0.5, 0.6) is 11.6 Å². The van der Waals surface area contributed by atoms with E-state index in [1.165, 1.54) is 6.07 Å². The predicted molar refractivity (Wildman–Crippen MR) is 125 cm³/mol. The molecule has 0 saturated heterocycles. The summed E-state index contributed by atoms with van der Waals surface area (Å²) in [6, 6.07) is 16.3. The van der Waals surface area contributed by atoms with Gasteiger partial charge < -0.3 is 20.7 Å². The molecule has 166 valence electrons. The number of carbonyl (C=O) groups excluding carboxylic acids is 1. The summed E-state index contributed by atoms with van der Waals surface area (Å²) in [5.41, 5.74) is 2.80. The Morgan fingerprint density at radius 2 is 1.70 bits per heavy atom. The van der Waals surface area contributed by atoms with Crippen molar-refractivity contribution in [3.8, 4) is 22.9 Å². The number of benzene rings is 2. The lowest BCUT2D eigenvalue weighted by Crippen LogP contribution is -2.19. The summed E-state index contributed by atoms with van der Waals surface area (Å²) >= 11 is 0. The molecule has 0 saturated carbocycles. The van der Waals surface area contributed by atoms with Crippen LogP contribution in [-0.2, 0) is 0 Å². The van der Waals surface area contributed by atoms with Crippen molar-refractivity contribution in [1.29, 1.82) is 0 Å². The quantitative estimate of drug-likeness (QED) is 0.365. The van der Waals surface area contributed by atoms with Gasteiger partial charge in [0.05, 0.1) is 11.3 Å². The van der Waals surface area contributed by atoms with Crippen LogP contribution < -0.4 is 20.7 Å². The largest absolute Gasteiger partial charge is 0.438 e. The molecule has 4 rings (SSSR count). The van der Waals surface area contributed by atoms with Gasteiger partial charge in [0, 0.05) is 30.8 Å². The van der Waals surface area contributed by atoms with E-state index >= 15 is 0 Å². The fourth-order valence-corrected chi connectivity index (χ4v) is 2.98. The van der Waals surface area contributed by atoms with E-state index in [4.69, 9.17) is 4.74 Å². The number of hydrogen-bond acceptors (Lipinski definition) is 6. The number of aromatic nitrogens is 3. The third-order valence-electron chi connectivity index (χ3n) is 4.68. The second kappa shape index (κ2) is 9.73. The molecule has 8 nitrogen and oxygen atoms in total. The van der Waals surface area contributed by atoms with E-state index in [0.29, 0.717) is 45.8 Å². The topological polar surface area (TPSA) is 101 Å². The Morgan fingerprint density at radius 3 is 2.45 bits per heavy atom. The van der Waals surface area contributed by atoms with E-state index in [-0.39, 0.29) is 5.82 Å². The lowest BCUT2D eigenvalue weighted by Gasteiger charge is -2.11. The van der Waals surface area contributed by atoms with Crippen molar-refractivity contribution >= 4 is 23.4 Å². The van der Waals surface area contributed by atoms with E-state index in [1.54, 1.807) is 74.9 Å². The highest BCUT2D eigenvalue weighted by molar-refractivity contribution is 5.99. The van der Waals surface area contributed by atoms with Crippen molar-refractivity contribution in [2.75, 3.05) is 23.0 Å². The predicted octanol–water partition coefficient (Wildman–Crippen LogP) is 5.46. The molecule has 3 N–H and O–H groups in total. The van der Waals surface area contributed by atoms with Crippen LogP contribution in [0.4, 0.5) is 26.5 Å². The van der Waals surface area contributed by atoms with Crippen LogP contribution in [0.3, 0.4) is 0 Å². The Morgan fingerprint density at radius 1 is 0.939 bits per heavy atom. The van der Waals surface area contributed by atoms with Crippen LogP contribution in [-0.4, -0.2) is 28.0 Å². The lowest BCUT2D eigenvalue weighted by atomic mass is 10.2. The molecule has 2 aromatic carbocycles. The highest BCUT2D eigenvalue weighted by atomic mass is 19.1. The highest BCUT2D eigenvalue weighted by Crippen LogP contribution is 2.31. The third kappa shape index (κ3) is 5.40. The number of carbonyl (C=O) groups is 1. The molecule has 0 aliphatic heterocycles. The van der Waals surface area contributed by atoms with Crippen molar-refractivity contribution in [1.82, 2.24) is 15.0 Å². The van der Waals surface area contributed by atoms with Crippen molar-refractivity contribution in [2.45, 2.75) is 6.92 Å². The molecule has 9 heteroatoms. The lowest BCUT2D eigenvalue weighted by molar-refractivity contribution is 0.262. The molecular formula is C24H21FN6O2. The first kappa shape index (κ1) is 21.7. The summed E-state index contributed by atoms with van der Waals surface area (Å²) in [6.45, 7) is 1.66. The van der Waals surface area contributed by atoms with E-state index in [2.05, 4.69) is 30.9 Å². The van der Waals surface area contributed by atoms with Gasteiger partial charge >= 0.3 is 6.03 Å². The summed E-state index contributed by atoms with van der Waals surface area (Å²) in [6.07, 6.45) is 3.29. The average Bonchev–Trinajstić information content (AvgIpc) is 2.83. The van der Waals surface area contributed by atoms with Gasteiger partial charge in [0.15, 0.2) is 0 Å². The molecule has 2 amide bonds. The molecule has 4 aromatic rings. The SMILES string of the molecule is CNc1nccc(-c2cccnc2Oc2ccc(NC(=O)Nc3ccc(C)c(F)c3)cc2)n1. The Kier molecular flexibility index (Phi) is 6.40. The van der Waals surface area contributed by atoms with Crippen molar-refractivity contribution in [3.63, 3.8) is 0 Å². The number of aryl methyl sites for hydroxylation is 1. The molecular weight excluding hydrogens is 423 g/mol. The van der Waals surface area contributed by atoms with Gasteiger partial charge in [0.1, 0.15) is 11.6 Å². The number of pyridine rings is 1. The number of nitrogens with zero attached hydrogens (tertiary/aromatic N) is 3. The Bertz CT molecular complexity index is 1280. The number of hydrogen-bond donors (Lipinski definition) is 3. The van der Waals surface area contributed by atoms with Crippen molar-refractivity contribution < 1.29 is 13.9 Å². The normalized spacial score (nSPS) is 10.4.